The summed E-state index contributed by atoms with van der Waals surface area (Å²) in [6, 6.07) is 14.6. The second-order valence-corrected chi connectivity index (χ2v) is 6.10. The number of rotatable bonds is 6. The van der Waals surface area contributed by atoms with Crippen molar-refractivity contribution < 1.29 is 23.8 Å². The molecule has 1 unspecified atom stereocenters. The molecule has 0 fully saturated rings. The Morgan fingerprint density at radius 3 is 2.70 bits per heavy atom. The van der Waals surface area contributed by atoms with Crippen LogP contribution in [0.15, 0.2) is 54.1 Å². The van der Waals surface area contributed by atoms with E-state index in [0.717, 1.165) is 16.9 Å². The van der Waals surface area contributed by atoms with Crippen LogP contribution in [0.4, 0.5) is 0 Å². The molecule has 3 rings (SSSR count). The Kier molecular flexibility index (Phi) is 5.76. The third-order valence-electron chi connectivity index (χ3n) is 4.21. The van der Waals surface area contributed by atoms with Crippen LogP contribution in [0.2, 0.25) is 0 Å². The molecular weight excluding hydrogens is 346 g/mol. The van der Waals surface area contributed by atoms with Gasteiger partial charge in [0, 0.05) is 11.1 Å². The summed E-state index contributed by atoms with van der Waals surface area (Å²) in [5.41, 5.74) is 2.03. The number of esters is 1. The molecule has 2 aromatic rings. The third-order valence-corrected chi connectivity index (χ3v) is 4.21. The number of carbonyl (C=O) groups excluding carboxylic acids is 2. The van der Waals surface area contributed by atoms with Crippen molar-refractivity contribution >= 4 is 18.0 Å². The standard InChI is InChI=1S/C21H21NO5/c1-14(17-8-4-6-10-19(17)25-2)22-20(23)13-27-21(24)16-11-15-7-3-5-9-18(15)26-12-16/h3-11,14H,12-13H2,1-2H3,(H,22,23). The van der Waals surface area contributed by atoms with Gasteiger partial charge in [-0.2, -0.15) is 0 Å². The lowest BCUT2D eigenvalue weighted by Crippen LogP contribution is -2.32. The molecule has 0 saturated heterocycles. The topological polar surface area (TPSA) is 73.9 Å². The van der Waals surface area contributed by atoms with Crippen LogP contribution < -0.4 is 14.8 Å². The Bertz CT molecular complexity index is 874. The number of ether oxygens (including phenoxy) is 3. The fraction of sp³-hybridized carbons (Fsp3) is 0.238. The molecular formula is C21H21NO5. The fourth-order valence-corrected chi connectivity index (χ4v) is 2.84. The summed E-state index contributed by atoms with van der Waals surface area (Å²) >= 11 is 0. The molecule has 1 heterocycles. The van der Waals surface area contributed by atoms with Gasteiger partial charge in [-0.1, -0.05) is 36.4 Å². The summed E-state index contributed by atoms with van der Waals surface area (Å²) in [5, 5.41) is 2.80. The van der Waals surface area contributed by atoms with Crippen molar-refractivity contribution in [3.05, 3.63) is 65.2 Å². The van der Waals surface area contributed by atoms with Crippen LogP contribution >= 0.6 is 0 Å². The van der Waals surface area contributed by atoms with Crippen LogP contribution in [-0.2, 0) is 14.3 Å². The van der Waals surface area contributed by atoms with Gasteiger partial charge in [0.05, 0.1) is 18.7 Å². The molecule has 1 aliphatic heterocycles. The molecule has 0 spiro atoms. The number of carbonyl (C=O) groups is 2. The maximum Gasteiger partial charge on any atom is 0.338 e. The second kappa shape index (κ2) is 8.40. The average Bonchev–Trinajstić information content (AvgIpc) is 2.71. The maximum atomic E-state index is 12.2. The van der Waals surface area contributed by atoms with Gasteiger partial charge in [0.2, 0.25) is 0 Å². The first kappa shape index (κ1) is 18.5. The van der Waals surface area contributed by atoms with E-state index in [0.29, 0.717) is 11.3 Å². The molecule has 0 bridgehead atoms. The number of fused-ring (bicyclic) bond motifs is 1. The Balaban J connectivity index is 1.55. The molecule has 0 saturated carbocycles. The molecule has 1 atom stereocenters. The Hall–Kier alpha value is -3.28. The van der Waals surface area contributed by atoms with Crippen molar-refractivity contribution in [2.45, 2.75) is 13.0 Å². The van der Waals surface area contributed by atoms with Crippen LogP contribution in [0.1, 0.15) is 24.1 Å². The van der Waals surface area contributed by atoms with Crippen LogP contribution in [-0.4, -0.2) is 32.2 Å². The predicted octanol–water partition coefficient (Wildman–Crippen LogP) is 2.89. The molecule has 2 aromatic carbocycles. The molecule has 0 aliphatic carbocycles. The highest BCUT2D eigenvalue weighted by Gasteiger charge is 2.20. The number of para-hydroxylation sites is 2. The van der Waals surface area contributed by atoms with E-state index < -0.39 is 5.97 Å². The van der Waals surface area contributed by atoms with E-state index in [1.165, 1.54) is 0 Å². The summed E-state index contributed by atoms with van der Waals surface area (Å²) in [5.74, 6) is 0.451. The molecule has 1 amide bonds. The van der Waals surface area contributed by atoms with Crippen molar-refractivity contribution in [3.63, 3.8) is 0 Å². The van der Waals surface area contributed by atoms with E-state index in [1.807, 2.05) is 55.5 Å². The Morgan fingerprint density at radius 1 is 1.15 bits per heavy atom. The van der Waals surface area contributed by atoms with E-state index in [-0.39, 0.29) is 25.2 Å². The van der Waals surface area contributed by atoms with Crippen molar-refractivity contribution in [1.82, 2.24) is 5.32 Å². The minimum Gasteiger partial charge on any atom is -0.496 e. The van der Waals surface area contributed by atoms with Gasteiger partial charge in [0.1, 0.15) is 18.1 Å². The molecule has 6 heteroatoms. The SMILES string of the molecule is COc1ccccc1C(C)NC(=O)COC(=O)C1=Cc2ccccc2OC1. The van der Waals surface area contributed by atoms with Crippen molar-refractivity contribution in [2.24, 2.45) is 0 Å². The van der Waals surface area contributed by atoms with Crippen molar-refractivity contribution in [3.8, 4) is 11.5 Å². The van der Waals surface area contributed by atoms with Crippen LogP contribution in [0.3, 0.4) is 0 Å². The molecule has 1 aliphatic rings. The summed E-state index contributed by atoms with van der Waals surface area (Å²) in [6.07, 6.45) is 1.72. The highest BCUT2D eigenvalue weighted by atomic mass is 16.5. The van der Waals surface area contributed by atoms with Gasteiger partial charge >= 0.3 is 5.97 Å². The first-order valence-electron chi connectivity index (χ1n) is 8.60. The lowest BCUT2D eigenvalue weighted by atomic mass is 10.1. The minimum atomic E-state index is -0.565. The minimum absolute atomic E-state index is 0.120. The summed E-state index contributed by atoms with van der Waals surface area (Å²) in [4.78, 5) is 24.3. The van der Waals surface area contributed by atoms with Gasteiger partial charge in [0.25, 0.3) is 5.91 Å². The molecule has 1 N–H and O–H groups in total. The van der Waals surface area contributed by atoms with Gasteiger partial charge in [-0.15, -0.1) is 0 Å². The predicted molar refractivity (Wildman–Crippen MR) is 100 cm³/mol. The summed E-state index contributed by atoms with van der Waals surface area (Å²) in [6.45, 7) is 1.60. The van der Waals surface area contributed by atoms with Crippen LogP contribution in [0.5, 0.6) is 11.5 Å². The zero-order valence-corrected chi connectivity index (χ0v) is 15.2. The number of hydrogen-bond donors (Lipinski definition) is 1. The fourth-order valence-electron chi connectivity index (χ4n) is 2.84. The maximum absolute atomic E-state index is 12.2. The van der Waals surface area contributed by atoms with E-state index in [1.54, 1.807) is 13.2 Å². The largest absolute Gasteiger partial charge is 0.496 e. The first-order chi connectivity index (χ1) is 13.1. The second-order valence-electron chi connectivity index (χ2n) is 6.10. The lowest BCUT2D eigenvalue weighted by Gasteiger charge is -2.18. The number of nitrogens with one attached hydrogen (secondary N) is 1. The quantitative estimate of drug-likeness (QED) is 0.795. The van der Waals surface area contributed by atoms with Gasteiger partial charge in [-0.05, 0) is 25.1 Å². The van der Waals surface area contributed by atoms with E-state index in [4.69, 9.17) is 14.2 Å². The highest BCUT2D eigenvalue weighted by molar-refractivity contribution is 5.96. The zero-order chi connectivity index (χ0) is 19.2. The third kappa shape index (κ3) is 4.47. The smallest absolute Gasteiger partial charge is 0.338 e. The highest BCUT2D eigenvalue weighted by Crippen LogP contribution is 2.26. The monoisotopic (exact) mass is 367 g/mol. The van der Waals surface area contributed by atoms with E-state index in [2.05, 4.69) is 5.32 Å². The van der Waals surface area contributed by atoms with Gasteiger partial charge < -0.3 is 19.5 Å². The van der Waals surface area contributed by atoms with E-state index >= 15 is 0 Å². The number of methoxy groups -OCH3 is 1. The summed E-state index contributed by atoms with van der Waals surface area (Å²) < 4.78 is 15.9. The number of benzene rings is 2. The number of amides is 1. The van der Waals surface area contributed by atoms with Crippen molar-refractivity contribution in [1.29, 1.82) is 0 Å². The van der Waals surface area contributed by atoms with Crippen molar-refractivity contribution in [2.75, 3.05) is 20.3 Å². The zero-order valence-electron chi connectivity index (χ0n) is 15.2. The number of hydrogen-bond acceptors (Lipinski definition) is 5. The normalized spacial score (nSPS) is 13.5. The molecule has 27 heavy (non-hydrogen) atoms. The molecule has 0 aromatic heterocycles. The molecule has 6 nitrogen and oxygen atoms in total. The molecule has 140 valence electrons. The first-order valence-corrected chi connectivity index (χ1v) is 8.60. The Labute approximate surface area is 157 Å². The van der Waals surface area contributed by atoms with Gasteiger partial charge in [-0.3, -0.25) is 4.79 Å². The van der Waals surface area contributed by atoms with Gasteiger partial charge in [-0.25, -0.2) is 4.79 Å². The summed E-state index contributed by atoms with van der Waals surface area (Å²) in [7, 11) is 1.58. The van der Waals surface area contributed by atoms with E-state index in [9.17, 15) is 9.59 Å². The van der Waals surface area contributed by atoms with Gasteiger partial charge in [0.15, 0.2) is 6.61 Å². The molecule has 0 radical (unpaired) electrons. The van der Waals surface area contributed by atoms with Crippen LogP contribution in [0.25, 0.3) is 6.08 Å². The van der Waals surface area contributed by atoms with Crippen LogP contribution in [0, 0.1) is 0 Å². The lowest BCUT2D eigenvalue weighted by molar-refractivity contribution is -0.145. The Morgan fingerprint density at radius 2 is 1.89 bits per heavy atom. The average molecular weight is 367 g/mol.